The molecule has 0 unspecified atom stereocenters. The molecule has 0 saturated carbocycles. The number of piperidine rings is 1. The third kappa shape index (κ3) is 4.44. The van der Waals surface area contributed by atoms with Gasteiger partial charge in [0.2, 0.25) is 0 Å². The summed E-state index contributed by atoms with van der Waals surface area (Å²) in [6, 6.07) is 0.559. The van der Waals surface area contributed by atoms with Crippen LogP contribution in [0.25, 0.3) is 0 Å². The Morgan fingerprint density at radius 1 is 0.950 bits per heavy atom. The minimum absolute atomic E-state index is 0.247. The van der Waals surface area contributed by atoms with Gasteiger partial charge in [-0.3, -0.25) is 0 Å². The van der Waals surface area contributed by atoms with Gasteiger partial charge in [-0.1, -0.05) is 26.7 Å². The molecular formula is C17H35N2O-. The molecule has 20 heavy (non-hydrogen) atoms. The Balaban J connectivity index is 2.79. The lowest BCUT2D eigenvalue weighted by atomic mass is 9.78. The minimum Gasteiger partial charge on any atom is -0.784 e. The SMILES string of the molecule is CCCCN(CCCC)C1CC(C)(C)N([O-])C(C)(C)C1. The first kappa shape index (κ1) is 17.9. The number of hydrogen-bond donors (Lipinski definition) is 0. The quantitative estimate of drug-likeness (QED) is 0.693. The number of rotatable bonds is 7. The maximum absolute atomic E-state index is 12.5. The van der Waals surface area contributed by atoms with Crippen LogP contribution >= 0.6 is 0 Å². The van der Waals surface area contributed by atoms with Gasteiger partial charge in [0.15, 0.2) is 0 Å². The van der Waals surface area contributed by atoms with Gasteiger partial charge in [-0.25, -0.2) is 0 Å². The number of hydroxylamine groups is 2. The Labute approximate surface area is 126 Å². The van der Waals surface area contributed by atoms with Gasteiger partial charge in [0.25, 0.3) is 0 Å². The van der Waals surface area contributed by atoms with Gasteiger partial charge in [0.1, 0.15) is 0 Å². The summed E-state index contributed by atoms with van der Waals surface area (Å²) in [4.78, 5) is 2.66. The van der Waals surface area contributed by atoms with E-state index >= 15 is 0 Å². The van der Waals surface area contributed by atoms with Crippen molar-refractivity contribution in [3.63, 3.8) is 0 Å². The zero-order chi connectivity index (χ0) is 15.4. The summed E-state index contributed by atoms with van der Waals surface area (Å²) in [6.07, 6.45) is 7.01. The van der Waals surface area contributed by atoms with Gasteiger partial charge in [-0.15, -0.1) is 0 Å². The predicted molar refractivity (Wildman–Crippen MR) is 87.8 cm³/mol. The molecular weight excluding hydrogens is 248 g/mol. The maximum atomic E-state index is 12.5. The second kappa shape index (κ2) is 7.24. The molecule has 1 aliphatic rings. The van der Waals surface area contributed by atoms with E-state index in [9.17, 15) is 5.21 Å². The summed E-state index contributed by atoms with van der Waals surface area (Å²) in [7, 11) is 0. The molecule has 120 valence electrons. The highest BCUT2D eigenvalue weighted by atomic mass is 16.5. The summed E-state index contributed by atoms with van der Waals surface area (Å²) in [5, 5.41) is 13.8. The zero-order valence-electron chi connectivity index (χ0n) is 14.5. The molecule has 3 heteroatoms. The molecule has 0 N–H and O–H groups in total. The van der Waals surface area contributed by atoms with E-state index in [1.165, 1.54) is 43.8 Å². The highest BCUT2D eigenvalue weighted by molar-refractivity contribution is 5.03. The molecule has 1 aliphatic heterocycles. The van der Waals surface area contributed by atoms with Crippen LogP contribution in [0.4, 0.5) is 0 Å². The Hall–Kier alpha value is -0.120. The fourth-order valence-corrected chi connectivity index (χ4v) is 3.67. The van der Waals surface area contributed by atoms with E-state index in [0.717, 1.165) is 12.8 Å². The van der Waals surface area contributed by atoms with Gasteiger partial charge >= 0.3 is 0 Å². The van der Waals surface area contributed by atoms with Crippen LogP contribution < -0.4 is 0 Å². The molecule has 0 amide bonds. The van der Waals surface area contributed by atoms with Crippen molar-refractivity contribution in [2.45, 2.75) is 97.2 Å². The summed E-state index contributed by atoms with van der Waals surface area (Å²) in [5.74, 6) is 0. The van der Waals surface area contributed by atoms with Crippen LogP contribution in [-0.4, -0.2) is 40.2 Å². The van der Waals surface area contributed by atoms with Crippen LogP contribution in [0.2, 0.25) is 0 Å². The average molecular weight is 283 g/mol. The Bertz CT molecular complexity index is 263. The third-order valence-corrected chi connectivity index (χ3v) is 4.68. The van der Waals surface area contributed by atoms with Crippen LogP contribution in [0.5, 0.6) is 0 Å². The first-order valence-electron chi connectivity index (χ1n) is 8.46. The molecule has 1 saturated heterocycles. The Morgan fingerprint density at radius 3 is 1.70 bits per heavy atom. The van der Waals surface area contributed by atoms with Crippen molar-refractivity contribution in [1.29, 1.82) is 0 Å². The topological polar surface area (TPSA) is 29.5 Å². The van der Waals surface area contributed by atoms with E-state index in [0.29, 0.717) is 6.04 Å². The average Bonchev–Trinajstić information content (AvgIpc) is 2.35. The van der Waals surface area contributed by atoms with Crippen LogP contribution in [-0.2, 0) is 0 Å². The van der Waals surface area contributed by atoms with E-state index in [1.54, 1.807) is 0 Å². The fraction of sp³-hybridized carbons (Fsp3) is 1.00. The minimum atomic E-state index is -0.247. The summed E-state index contributed by atoms with van der Waals surface area (Å²) in [5.41, 5.74) is -0.494. The molecule has 3 nitrogen and oxygen atoms in total. The van der Waals surface area contributed by atoms with Gasteiger partial charge in [-0.2, -0.15) is 0 Å². The molecule has 1 rings (SSSR count). The lowest BCUT2D eigenvalue weighted by Gasteiger charge is -2.61. The van der Waals surface area contributed by atoms with Crippen LogP contribution in [0.15, 0.2) is 0 Å². The molecule has 0 aromatic heterocycles. The second-order valence-corrected chi connectivity index (χ2v) is 7.72. The zero-order valence-corrected chi connectivity index (χ0v) is 14.5. The molecule has 0 aromatic carbocycles. The first-order valence-corrected chi connectivity index (χ1v) is 8.46. The summed E-state index contributed by atoms with van der Waals surface area (Å²) >= 11 is 0. The first-order chi connectivity index (χ1) is 9.24. The van der Waals surface area contributed by atoms with E-state index in [2.05, 4.69) is 46.4 Å². The predicted octanol–water partition coefficient (Wildman–Crippen LogP) is 4.41. The molecule has 0 bridgehead atoms. The number of nitrogens with zero attached hydrogens (tertiary/aromatic N) is 2. The van der Waals surface area contributed by atoms with Gasteiger partial charge < -0.3 is 15.2 Å². The Morgan fingerprint density at radius 2 is 1.35 bits per heavy atom. The van der Waals surface area contributed by atoms with E-state index in [4.69, 9.17) is 0 Å². The molecule has 1 fully saturated rings. The molecule has 0 radical (unpaired) electrons. The van der Waals surface area contributed by atoms with Crippen molar-refractivity contribution < 1.29 is 0 Å². The smallest absolute Gasteiger partial charge is 0.0129 e. The molecule has 0 atom stereocenters. The standard InChI is InChI=1S/C17H35N2O/c1-7-9-11-18(12-10-8-2)15-13-16(3,4)19(20)17(5,6)14-15/h15H,7-14H2,1-6H3/q-1. The van der Waals surface area contributed by atoms with Crippen molar-refractivity contribution in [1.82, 2.24) is 9.96 Å². The largest absolute Gasteiger partial charge is 0.784 e. The summed E-state index contributed by atoms with van der Waals surface area (Å²) in [6.45, 7) is 15.3. The van der Waals surface area contributed by atoms with Crippen LogP contribution in [0, 0.1) is 5.21 Å². The van der Waals surface area contributed by atoms with Crippen molar-refractivity contribution in [2.24, 2.45) is 0 Å². The van der Waals surface area contributed by atoms with Crippen molar-refractivity contribution in [2.75, 3.05) is 13.1 Å². The monoisotopic (exact) mass is 283 g/mol. The van der Waals surface area contributed by atoms with E-state index < -0.39 is 0 Å². The van der Waals surface area contributed by atoms with Crippen molar-refractivity contribution in [3.8, 4) is 0 Å². The lowest BCUT2D eigenvalue weighted by molar-refractivity contribution is -0.0325. The van der Waals surface area contributed by atoms with E-state index in [1.807, 2.05) is 0 Å². The molecule has 0 aromatic rings. The number of hydrogen-bond acceptors (Lipinski definition) is 3. The number of unbranched alkanes of at least 4 members (excludes halogenated alkanes) is 2. The third-order valence-electron chi connectivity index (χ3n) is 4.68. The maximum Gasteiger partial charge on any atom is 0.0129 e. The molecule has 0 spiro atoms. The normalized spacial score (nSPS) is 23.4. The lowest BCUT2D eigenvalue weighted by Crippen LogP contribution is -2.62. The highest BCUT2D eigenvalue weighted by Crippen LogP contribution is 2.39. The van der Waals surface area contributed by atoms with Crippen LogP contribution in [0.3, 0.4) is 0 Å². The van der Waals surface area contributed by atoms with E-state index in [-0.39, 0.29) is 11.1 Å². The van der Waals surface area contributed by atoms with Gasteiger partial charge in [0, 0.05) is 17.1 Å². The molecule has 0 aliphatic carbocycles. The van der Waals surface area contributed by atoms with Crippen molar-refractivity contribution >= 4 is 0 Å². The summed E-state index contributed by atoms with van der Waals surface area (Å²) < 4.78 is 0. The second-order valence-electron chi connectivity index (χ2n) is 7.72. The van der Waals surface area contributed by atoms with Crippen molar-refractivity contribution in [3.05, 3.63) is 5.21 Å². The molecule has 1 heterocycles. The van der Waals surface area contributed by atoms with Gasteiger partial charge in [-0.05, 0) is 66.5 Å². The van der Waals surface area contributed by atoms with Gasteiger partial charge in [0.05, 0.1) is 0 Å². The highest BCUT2D eigenvalue weighted by Gasteiger charge is 2.41. The van der Waals surface area contributed by atoms with Crippen LogP contribution in [0.1, 0.15) is 80.1 Å². The fourth-order valence-electron chi connectivity index (χ4n) is 3.67. The Kier molecular flexibility index (Phi) is 6.49.